The Bertz CT molecular complexity index is 828. The minimum atomic E-state index is 0.0204. The maximum absolute atomic E-state index is 12.0. The lowest BCUT2D eigenvalue weighted by Gasteiger charge is -2.08. The topological polar surface area (TPSA) is 65.4 Å². The number of hydrogen-bond acceptors (Lipinski definition) is 4. The number of benzene rings is 2. The molecule has 140 valence electrons. The second kappa shape index (κ2) is 9.43. The monoisotopic (exact) mass is 365 g/mol. The van der Waals surface area contributed by atoms with Crippen molar-refractivity contribution in [3.63, 3.8) is 0 Å². The van der Waals surface area contributed by atoms with Crippen LogP contribution in [0.4, 0.5) is 0 Å². The first-order valence-electron chi connectivity index (χ1n) is 8.85. The average molecular weight is 365 g/mol. The van der Waals surface area contributed by atoms with Crippen LogP contribution in [-0.2, 0) is 11.3 Å². The summed E-state index contributed by atoms with van der Waals surface area (Å²) >= 11 is 0. The first kappa shape index (κ1) is 18.5. The van der Waals surface area contributed by atoms with E-state index in [1.807, 2.05) is 59.3 Å². The normalized spacial score (nSPS) is 10.4. The van der Waals surface area contributed by atoms with Crippen molar-refractivity contribution in [1.82, 2.24) is 14.9 Å². The van der Waals surface area contributed by atoms with E-state index in [1.165, 1.54) is 0 Å². The van der Waals surface area contributed by atoms with E-state index in [1.54, 1.807) is 19.6 Å². The van der Waals surface area contributed by atoms with Crippen LogP contribution in [0.3, 0.4) is 0 Å². The lowest BCUT2D eigenvalue weighted by atomic mass is 10.2. The quantitative estimate of drug-likeness (QED) is 0.591. The van der Waals surface area contributed by atoms with Gasteiger partial charge in [-0.3, -0.25) is 4.79 Å². The number of hydrogen-bond donors (Lipinski definition) is 1. The highest BCUT2D eigenvalue weighted by atomic mass is 16.5. The number of rotatable bonds is 9. The fraction of sp³-hybridized carbons (Fsp3) is 0.238. The van der Waals surface area contributed by atoms with E-state index < -0.39 is 0 Å². The van der Waals surface area contributed by atoms with Gasteiger partial charge in [-0.2, -0.15) is 0 Å². The molecule has 1 aromatic heterocycles. The molecule has 1 N–H and O–H groups in total. The summed E-state index contributed by atoms with van der Waals surface area (Å²) in [6.45, 7) is 1.02. The molecule has 3 rings (SSSR count). The molecule has 1 amide bonds. The Kier molecular flexibility index (Phi) is 6.46. The molecule has 3 aromatic rings. The number of nitrogens with zero attached hydrogens (tertiary/aromatic N) is 2. The van der Waals surface area contributed by atoms with Crippen LogP contribution in [0.1, 0.15) is 18.4 Å². The van der Waals surface area contributed by atoms with Crippen LogP contribution in [0.5, 0.6) is 11.5 Å². The van der Waals surface area contributed by atoms with Gasteiger partial charge in [0, 0.05) is 31.0 Å². The Hall–Kier alpha value is -3.28. The predicted octanol–water partition coefficient (Wildman–Crippen LogP) is 3.36. The molecule has 2 aromatic carbocycles. The highest BCUT2D eigenvalue weighted by molar-refractivity contribution is 5.75. The summed E-state index contributed by atoms with van der Waals surface area (Å²) < 4.78 is 12.7. The number of methoxy groups -OCH3 is 1. The predicted molar refractivity (Wildman–Crippen MR) is 103 cm³/mol. The minimum absolute atomic E-state index is 0.0204. The Labute approximate surface area is 158 Å². The van der Waals surface area contributed by atoms with E-state index in [0.717, 1.165) is 22.7 Å². The van der Waals surface area contributed by atoms with Crippen molar-refractivity contribution in [3.05, 3.63) is 72.8 Å². The second-order valence-corrected chi connectivity index (χ2v) is 6.04. The number of nitrogens with one attached hydrogen (secondary N) is 1. The average Bonchev–Trinajstić information content (AvgIpc) is 3.25. The van der Waals surface area contributed by atoms with Crippen LogP contribution in [0.15, 0.2) is 67.3 Å². The molecule has 0 saturated carbocycles. The Morgan fingerprint density at radius 3 is 2.48 bits per heavy atom. The third-order valence-corrected chi connectivity index (χ3v) is 4.10. The van der Waals surface area contributed by atoms with Gasteiger partial charge in [-0.1, -0.05) is 12.1 Å². The minimum Gasteiger partial charge on any atom is -0.497 e. The van der Waals surface area contributed by atoms with Crippen molar-refractivity contribution in [2.75, 3.05) is 13.7 Å². The van der Waals surface area contributed by atoms with Crippen molar-refractivity contribution >= 4 is 5.91 Å². The summed E-state index contributed by atoms with van der Waals surface area (Å²) in [5.41, 5.74) is 2.10. The molecule has 0 radical (unpaired) electrons. The van der Waals surface area contributed by atoms with Crippen molar-refractivity contribution in [2.24, 2.45) is 0 Å². The SMILES string of the molecule is COc1ccc(OCCCC(=O)NCc2ccc(-n3ccnc3)cc2)cc1. The van der Waals surface area contributed by atoms with Crippen molar-refractivity contribution in [1.29, 1.82) is 0 Å². The second-order valence-electron chi connectivity index (χ2n) is 6.04. The Morgan fingerprint density at radius 2 is 1.81 bits per heavy atom. The van der Waals surface area contributed by atoms with Crippen LogP contribution in [-0.4, -0.2) is 29.2 Å². The molecular weight excluding hydrogens is 342 g/mol. The summed E-state index contributed by atoms with van der Waals surface area (Å²) in [6, 6.07) is 15.4. The van der Waals surface area contributed by atoms with Crippen molar-refractivity contribution in [2.45, 2.75) is 19.4 Å². The van der Waals surface area contributed by atoms with Gasteiger partial charge in [0.05, 0.1) is 20.0 Å². The van der Waals surface area contributed by atoms with E-state index >= 15 is 0 Å². The van der Waals surface area contributed by atoms with Crippen LogP contribution in [0.25, 0.3) is 5.69 Å². The number of amides is 1. The fourth-order valence-electron chi connectivity index (χ4n) is 2.58. The molecule has 1 heterocycles. The third-order valence-electron chi connectivity index (χ3n) is 4.10. The largest absolute Gasteiger partial charge is 0.497 e. The van der Waals surface area contributed by atoms with Gasteiger partial charge in [0.1, 0.15) is 11.5 Å². The smallest absolute Gasteiger partial charge is 0.220 e. The highest BCUT2D eigenvalue weighted by Crippen LogP contribution is 2.17. The number of aromatic nitrogens is 2. The van der Waals surface area contributed by atoms with Gasteiger partial charge in [-0.05, 0) is 48.4 Å². The lowest BCUT2D eigenvalue weighted by Crippen LogP contribution is -2.22. The lowest BCUT2D eigenvalue weighted by molar-refractivity contribution is -0.121. The Balaban J connectivity index is 1.34. The molecule has 0 aliphatic carbocycles. The maximum Gasteiger partial charge on any atom is 0.220 e. The van der Waals surface area contributed by atoms with E-state index in [9.17, 15) is 4.79 Å². The standard InChI is InChI=1S/C21H23N3O3/c1-26-19-8-10-20(11-9-19)27-14-2-3-21(25)23-15-17-4-6-18(7-5-17)24-13-12-22-16-24/h4-13,16H,2-3,14-15H2,1H3,(H,23,25). The first-order valence-corrected chi connectivity index (χ1v) is 8.85. The zero-order chi connectivity index (χ0) is 18.9. The number of carbonyl (C=O) groups excluding carboxylic acids is 1. The summed E-state index contributed by atoms with van der Waals surface area (Å²) in [6.07, 6.45) is 6.49. The van der Waals surface area contributed by atoms with E-state index in [-0.39, 0.29) is 5.91 Å². The van der Waals surface area contributed by atoms with Crippen LogP contribution < -0.4 is 14.8 Å². The zero-order valence-corrected chi connectivity index (χ0v) is 15.3. The van der Waals surface area contributed by atoms with E-state index in [0.29, 0.717) is 26.0 Å². The van der Waals surface area contributed by atoms with Crippen molar-refractivity contribution < 1.29 is 14.3 Å². The van der Waals surface area contributed by atoms with Crippen LogP contribution >= 0.6 is 0 Å². The third kappa shape index (κ3) is 5.60. The number of ether oxygens (including phenoxy) is 2. The number of imidazole rings is 1. The van der Waals surface area contributed by atoms with Gasteiger partial charge in [-0.15, -0.1) is 0 Å². The Morgan fingerprint density at radius 1 is 1.07 bits per heavy atom. The molecule has 27 heavy (non-hydrogen) atoms. The summed E-state index contributed by atoms with van der Waals surface area (Å²) in [5, 5.41) is 2.94. The molecule has 6 nitrogen and oxygen atoms in total. The summed E-state index contributed by atoms with van der Waals surface area (Å²) in [4.78, 5) is 16.0. The molecule has 0 atom stereocenters. The molecule has 0 bridgehead atoms. The molecule has 6 heteroatoms. The van der Waals surface area contributed by atoms with Gasteiger partial charge in [0.15, 0.2) is 0 Å². The molecule has 0 aliphatic rings. The summed E-state index contributed by atoms with van der Waals surface area (Å²) in [7, 11) is 1.63. The fourth-order valence-corrected chi connectivity index (χ4v) is 2.58. The molecule has 0 spiro atoms. The van der Waals surface area contributed by atoms with Gasteiger partial charge in [0.25, 0.3) is 0 Å². The molecular formula is C21H23N3O3. The van der Waals surface area contributed by atoms with E-state index in [4.69, 9.17) is 9.47 Å². The molecule has 0 aliphatic heterocycles. The maximum atomic E-state index is 12.0. The molecule has 0 unspecified atom stereocenters. The van der Waals surface area contributed by atoms with E-state index in [2.05, 4.69) is 10.3 Å². The van der Waals surface area contributed by atoms with Gasteiger partial charge >= 0.3 is 0 Å². The van der Waals surface area contributed by atoms with Crippen LogP contribution in [0, 0.1) is 0 Å². The molecule has 0 fully saturated rings. The van der Waals surface area contributed by atoms with Crippen LogP contribution in [0.2, 0.25) is 0 Å². The molecule has 0 saturated heterocycles. The van der Waals surface area contributed by atoms with Crippen molar-refractivity contribution in [3.8, 4) is 17.2 Å². The van der Waals surface area contributed by atoms with Gasteiger partial charge in [0.2, 0.25) is 5.91 Å². The van der Waals surface area contributed by atoms with Gasteiger partial charge < -0.3 is 19.4 Å². The summed E-state index contributed by atoms with van der Waals surface area (Å²) in [5.74, 6) is 1.58. The zero-order valence-electron chi connectivity index (χ0n) is 15.3. The van der Waals surface area contributed by atoms with Gasteiger partial charge in [-0.25, -0.2) is 4.98 Å². The first-order chi connectivity index (χ1) is 13.2. The number of carbonyl (C=O) groups is 1. The highest BCUT2D eigenvalue weighted by Gasteiger charge is 2.03.